The van der Waals surface area contributed by atoms with Gasteiger partial charge in [-0.05, 0) is 48.6 Å². The molecule has 3 rings (SSSR count). The zero-order chi connectivity index (χ0) is 14.1. The highest BCUT2D eigenvalue weighted by molar-refractivity contribution is 5.40. The predicted molar refractivity (Wildman–Crippen MR) is 80.0 cm³/mol. The lowest BCUT2D eigenvalue weighted by Gasteiger charge is -2.21. The minimum Gasteiger partial charge on any atom is -0.496 e. The van der Waals surface area contributed by atoms with Gasteiger partial charge in [-0.3, -0.25) is 4.98 Å². The molecular formula is C17H20N2O. The molecule has 1 heterocycles. The number of nitrogens with zero attached hydrogens (tertiary/aromatic N) is 1. The van der Waals surface area contributed by atoms with Gasteiger partial charge in [-0.2, -0.15) is 0 Å². The van der Waals surface area contributed by atoms with Crippen LogP contribution in [0.3, 0.4) is 0 Å². The number of benzene rings is 1. The van der Waals surface area contributed by atoms with Gasteiger partial charge in [-0.15, -0.1) is 0 Å². The Morgan fingerprint density at radius 3 is 3.00 bits per heavy atom. The largest absolute Gasteiger partial charge is 0.496 e. The molecule has 2 unspecified atom stereocenters. The van der Waals surface area contributed by atoms with E-state index in [9.17, 15) is 0 Å². The highest BCUT2D eigenvalue weighted by Crippen LogP contribution is 2.39. The lowest BCUT2D eigenvalue weighted by Crippen LogP contribution is -2.19. The summed E-state index contributed by atoms with van der Waals surface area (Å²) in [5.41, 5.74) is 11.3. The van der Waals surface area contributed by atoms with E-state index in [1.807, 2.05) is 19.2 Å². The molecular weight excluding hydrogens is 248 g/mol. The predicted octanol–water partition coefficient (Wildman–Crippen LogP) is 3.13. The van der Waals surface area contributed by atoms with Crippen molar-refractivity contribution in [2.24, 2.45) is 5.73 Å². The maximum absolute atomic E-state index is 6.49. The number of fused-ring (bicyclic) bond motifs is 1. The van der Waals surface area contributed by atoms with E-state index in [4.69, 9.17) is 10.5 Å². The Labute approximate surface area is 119 Å². The highest BCUT2D eigenvalue weighted by Gasteiger charge is 2.29. The van der Waals surface area contributed by atoms with Crippen molar-refractivity contribution in [1.82, 2.24) is 4.98 Å². The summed E-state index contributed by atoms with van der Waals surface area (Å²) in [6.07, 6.45) is 4.01. The van der Waals surface area contributed by atoms with Crippen molar-refractivity contribution >= 4 is 0 Å². The molecule has 2 atom stereocenters. The molecule has 3 nitrogen and oxygen atoms in total. The molecule has 1 aliphatic rings. The quantitative estimate of drug-likeness (QED) is 0.930. The third-order valence-electron chi connectivity index (χ3n) is 4.25. The van der Waals surface area contributed by atoms with Crippen LogP contribution in [0.2, 0.25) is 0 Å². The number of methoxy groups -OCH3 is 1. The zero-order valence-corrected chi connectivity index (χ0v) is 12.0. The molecule has 0 bridgehead atoms. The number of aromatic nitrogens is 1. The number of ether oxygens (including phenoxy) is 1. The molecule has 1 aliphatic carbocycles. The first kappa shape index (κ1) is 13.1. The smallest absolute Gasteiger partial charge is 0.122 e. The molecule has 0 amide bonds. The average Bonchev–Trinajstić information content (AvgIpc) is 2.91. The summed E-state index contributed by atoms with van der Waals surface area (Å²) in [7, 11) is 1.70. The van der Waals surface area contributed by atoms with Crippen LogP contribution in [0.15, 0.2) is 36.5 Å². The zero-order valence-electron chi connectivity index (χ0n) is 12.0. The highest BCUT2D eigenvalue weighted by atomic mass is 16.5. The van der Waals surface area contributed by atoms with Gasteiger partial charge in [0.25, 0.3) is 0 Å². The first-order valence-electron chi connectivity index (χ1n) is 7.04. The summed E-state index contributed by atoms with van der Waals surface area (Å²) in [4.78, 5) is 4.54. The lowest BCUT2D eigenvalue weighted by molar-refractivity contribution is 0.410. The molecule has 1 aromatic carbocycles. The Kier molecular flexibility index (Phi) is 3.45. The Morgan fingerprint density at radius 2 is 2.20 bits per heavy atom. The van der Waals surface area contributed by atoms with Gasteiger partial charge in [-0.1, -0.05) is 18.2 Å². The van der Waals surface area contributed by atoms with Gasteiger partial charge in [0.15, 0.2) is 0 Å². The maximum atomic E-state index is 6.49. The van der Waals surface area contributed by atoms with Gasteiger partial charge in [-0.25, -0.2) is 0 Å². The van der Waals surface area contributed by atoms with Crippen LogP contribution < -0.4 is 10.5 Å². The molecule has 1 aromatic heterocycles. The minimum atomic E-state index is -0.0272. The van der Waals surface area contributed by atoms with E-state index >= 15 is 0 Å². The number of pyridine rings is 1. The number of hydrogen-bond donors (Lipinski definition) is 1. The summed E-state index contributed by atoms with van der Waals surface area (Å²) in [5.74, 6) is 1.20. The van der Waals surface area contributed by atoms with Crippen LogP contribution in [0.4, 0.5) is 0 Å². The minimum absolute atomic E-state index is 0.0272. The van der Waals surface area contributed by atoms with Gasteiger partial charge in [0.05, 0.1) is 7.11 Å². The van der Waals surface area contributed by atoms with Crippen molar-refractivity contribution in [2.45, 2.75) is 31.7 Å². The van der Waals surface area contributed by atoms with Crippen molar-refractivity contribution < 1.29 is 4.74 Å². The van der Waals surface area contributed by atoms with Crippen LogP contribution in [0, 0.1) is 6.92 Å². The summed E-state index contributed by atoms with van der Waals surface area (Å²) >= 11 is 0. The van der Waals surface area contributed by atoms with E-state index in [-0.39, 0.29) is 6.04 Å². The van der Waals surface area contributed by atoms with Crippen LogP contribution in [-0.4, -0.2) is 12.1 Å². The Bertz CT molecular complexity index is 624. The van der Waals surface area contributed by atoms with E-state index in [1.165, 1.54) is 11.3 Å². The molecule has 0 saturated carbocycles. The fourth-order valence-electron chi connectivity index (χ4n) is 3.07. The van der Waals surface area contributed by atoms with E-state index in [0.29, 0.717) is 5.92 Å². The Hall–Kier alpha value is -1.87. The third kappa shape index (κ3) is 2.18. The van der Waals surface area contributed by atoms with Crippen molar-refractivity contribution in [2.75, 3.05) is 7.11 Å². The van der Waals surface area contributed by atoms with Crippen molar-refractivity contribution in [3.8, 4) is 5.75 Å². The number of nitrogens with two attached hydrogens (primary N) is 1. The fourth-order valence-corrected chi connectivity index (χ4v) is 3.07. The van der Waals surface area contributed by atoms with E-state index in [2.05, 4.69) is 29.2 Å². The summed E-state index contributed by atoms with van der Waals surface area (Å²) < 4.78 is 5.40. The summed E-state index contributed by atoms with van der Waals surface area (Å²) in [6.45, 7) is 2.04. The molecule has 0 radical (unpaired) electrons. The molecule has 0 saturated heterocycles. The van der Waals surface area contributed by atoms with Gasteiger partial charge in [0.2, 0.25) is 0 Å². The topological polar surface area (TPSA) is 48.1 Å². The molecule has 3 heteroatoms. The van der Waals surface area contributed by atoms with Gasteiger partial charge >= 0.3 is 0 Å². The maximum Gasteiger partial charge on any atom is 0.122 e. The van der Waals surface area contributed by atoms with E-state index in [0.717, 1.165) is 29.7 Å². The standard InChI is InChI=1S/C17H20N2O/c1-11-5-6-13(10-15(11)20-2)16(18)14-8-7-12-4-3-9-19-17(12)14/h3-6,9-10,14,16H,7-8,18H2,1-2H3. The second kappa shape index (κ2) is 5.25. The lowest BCUT2D eigenvalue weighted by atomic mass is 9.91. The van der Waals surface area contributed by atoms with Gasteiger partial charge in [0, 0.05) is 23.9 Å². The van der Waals surface area contributed by atoms with Gasteiger partial charge in [0.1, 0.15) is 5.75 Å². The van der Waals surface area contributed by atoms with Crippen LogP contribution in [-0.2, 0) is 6.42 Å². The molecule has 2 aromatic rings. The Morgan fingerprint density at radius 1 is 1.35 bits per heavy atom. The summed E-state index contributed by atoms with van der Waals surface area (Å²) in [6, 6.07) is 10.4. The molecule has 0 fully saturated rings. The van der Waals surface area contributed by atoms with Crippen LogP contribution in [0.25, 0.3) is 0 Å². The van der Waals surface area contributed by atoms with Crippen molar-refractivity contribution in [1.29, 1.82) is 0 Å². The van der Waals surface area contributed by atoms with Crippen LogP contribution >= 0.6 is 0 Å². The fraction of sp³-hybridized carbons (Fsp3) is 0.353. The van der Waals surface area contributed by atoms with E-state index < -0.39 is 0 Å². The van der Waals surface area contributed by atoms with Crippen molar-refractivity contribution in [3.05, 3.63) is 58.9 Å². The molecule has 20 heavy (non-hydrogen) atoms. The molecule has 2 N–H and O–H groups in total. The molecule has 104 valence electrons. The van der Waals surface area contributed by atoms with Crippen molar-refractivity contribution in [3.63, 3.8) is 0 Å². The van der Waals surface area contributed by atoms with Gasteiger partial charge < -0.3 is 10.5 Å². The third-order valence-corrected chi connectivity index (χ3v) is 4.25. The number of hydrogen-bond acceptors (Lipinski definition) is 3. The monoisotopic (exact) mass is 268 g/mol. The first-order valence-corrected chi connectivity index (χ1v) is 7.04. The SMILES string of the molecule is COc1cc(C(N)C2CCc3cccnc32)ccc1C. The van der Waals surface area contributed by atoms with E-state index in [1.54, 1.807) is 7.11 Å². The second-order valence-electron chi connectivity index (χ2n) is 5.45. The van der Waals surface area contributed by atoms with Crippen LogP contribution in [0.5, 0.6) is 5.75 Å². The van der Waals surface area contributed by atoms with Crippen LogP contribution in [0.1, 0.15) is 40.8 Å². The summed E-state index contributed by atoms with van der Waals surface area (Å²) in [5, 5.41) is 0. The second-order valence-corrected chi connectivity index (χ2v) is 5.45. The first-order chi connectivity index (χ1) is 9.70. The molecule has 0 aliphatic heterocycles. The Balaban J connectivity index is 1.92. The normalized spacial score (nSPS) is 18.6. The number of rotatable bonds is 3. The molecule has 0 spiro atoms. The number of aryl methyl sites for hydroxylation is 2. The average molecular weight is 268 g/mol.